The van der Waals surface area contributed by atoms with Crippen molar-refractivity contribution in [3.63, 3.8) is 0 Å². The van der Waals surface area contributed by atoms with Crippen LogP contribution in [0.3, 0.4) is 0 Å². The largest absolute Gasteiger partial charge is 0.383 e. The van der Waals surface area contributed by atoms with E-state index >= 15 is 0 Å². The van der Waals surface area contributed by atoms with E-state index in [2.05, 4.69) is 15.5 Å². The molecule has 0 aliphatic carbocycles. The number of ether oxygens (including phenoxy) is 1. The van der Waals surface area contributed by atoms with Crippen molar-refractivity contribution < 1.29 is 9.53 Å². The van der Waals surface area contributed by atoms with E-state index in [4.69, 9.17) is 4.74 Å². The highest BCUT2D eigenvalue weighted by molar-refractivity contribution is 5.81. The van der Waals surface area contributed by atoms with Gasteiger partial charge in [0.15, 0.2) is 0 Å². The van der Waals surface area contributed by atoms with Crippen molar-refractivity contribution >= 4 is 5.91 Å². The van der Waals surface area contributed by atoms with E-state index in [0.717, 1.165) is 26.2 Å². The van der Waals surface area contributed by atoms with E-state index in [1.54, 1.807) is 7.11 Å². The molecule has 0 spiro atoms. The average molecular weight is 229 g/mol. The molecule has 1 rings (SSSR count). The number of nitrogens with one attached hydrogen (secondary N) is 2. The van der Waals surface area contributed by atoms with Crippen LogP contribution in [-0.2, 0) is 9.53 Å². The fraction of sp³-hybridized carbons (Fsp3) is 0.909. The monoisotopic (exact) mass is 229 g/mol. The van der Waals surface area contributed by atoms with Gasteiger partial charge in [-0.2, -0.15) is 0 Å². The zero-order valence-corrected chi connectivity index (χ0v) is 10.5. The summed E-state index contributed by atoms with van der Waals surface area (Å²) >= 11 is 0. The molecular formula is C11H23N3O2. The Morgan fingerprint density at radius 3 is 2.62 bits per heavy atom. The SMILES string of the molecule is COCC(C)NC(=O)C(C)N1CCNCC1. The number of hydrogen-bond acceptors (Lipinski definition) is 4. The average Bonchev–Trinajstić information content (AvgIpc) is 2.29. The van der Waals surface area contributed by atoms with Crippen LogP contribution in [0.2, 0.25) is 0 Å². The summed E-state index contributed by atoms with van der Waals surface area (Å²) in [6, 6.07) is 0.0178. The molecule has 16 heavy (non-hydrogen) atoms. The molecular weight excluding hydrogens is 206 g/mol. The molecule has 1 aliphatic rings. The number of carbonyl (C=O) groups is 1. The molecule has 0 aromatic heterocycles. The van der Waals surface area contributed by atoms with Crippen molar-refractivity contribution in [3.8, 4) is 0 Å². The maximum atomic E-state index is 11.9. The zero-order valence-electron chi connectivity index (χ0n) is 10.5. The Balaban J connectivity index is 2.34. The van der Waals surface area contributed by atoms with Crippen LogP contribution in [-0.4, -0.2) is 62.8 Å². The van der Waals surface area contributed by atoms with E-state index < -0.39 is 0 Å². The predicted molar refractivity (Wildman–Crippen MR) is 63.4 cm³/mol. The molecule has 5 nitrogen and oxygen atoms in total. The minimum atomic E-state index is -0.0543. The molecule has 5 heteroatoms. The van der Waals surface area contributed by atoms with Crippen molar-refractivity contribution in [2.45, 2.75) is 25.9 Å². The molecule has 0 aromatic rings. The molecule has 2 unspecified atom stereocenters. The van der Waals surface area contributed by atoms with Crippen LogP contribution < -0.4 is 10.6 Å². The Kier molecular flexibility index (Phi) is 5.73. The highest BCUT2D eigenvalue weighted by Crippen LogP contribution is 2.01. The van der Waals surface area contributed by atoms with Crippen molar-refractivity contribution in [1.82, 2.24) is 15.5 Å². The molecule has 0 radical (unpaired) electrons. The van der Waals surface area contributed by atoms with E-state index in [-0.39, 0.29) is 18.0 Å². The lowest BCUT2D eigenvalue weighted by atomic mass is 10.2. The third kappa shape index (κ3) is 4.08. The van der Waals surface area contributed by atoms with Crippen LogP contribution in [0.4, 0.5) is 0 Å². The first-order valence-corrected chi connectivity index (χ1v) is 5.89. The van der Waals surface area contributed by atoms with Gasteiger partial charge in [-0.25, -0.2) is 0 Å². The molecule has 0 bridgehead atoms. The molecule has 1 aliphatic heterocycles. The Morgan fingerprint density at radius 1 is 1.44 bits per heavy atom. The minimum Gasteiger partial charge on any atom is -0.383 e. The number of hydrogen-bond donors (Lipinski definition) is 2. The lowest BCUT2D eigenvalue weighted by Crippen LogP contribution is -2.54. The van der Waals surface area contributed by atoms with Crippen LogP contribution in [0.1, 0.15) is 13.8 Å². The van der Waals surface area contributed by atoms with Gasteiger partial charge in [-0.15, -0.1) is 0 Å². The lowest BCUT2D eigenvalue weighted by molar-refractivity contribution is -0.127. The van der Waals surface area contributed by atoms with Gasteiger partial charge >= 0.3 is 0 Å². The summed E-state index contributed by atoms with van der Waals surface area (Å²) in [5.74, 6) is 0.0893. The fourth-order valence-corrected chi connectivity index (χ4v) is 1.89. The highest BCUT2D eigenvalue weighted by Gasteiger charge is 2.23. The lowest BCUT2D eigenvalue weighted by Gasteiger charge is -2.32. The third-order valence-corrected chi connectivity index (χ3v) is 2.88. The topological polar surface area (TPSA) is 53.6 Å². The quantitative estimate of drug-likeness (QED) is 0.663. The van der Waals surface area contributed by atoms with Gasteiger partial charge < -0.3 is 15.4 Å². The molecule has 1 heterocycles. The van der Waals surface area contributed by atoms with Crippen molar-refractivity contribution in [2.24, 2.45) is 0 Å². The van der Waals surface area contributed by atoms with E-state index in [1.807, 2.05) is 13.8 Å². The van der Waals surface area contributed by atoms with E-state index in [0.29, 0.717) is 6.61 Å². The molecule has 94 valence electrons. The van der Waals surface area contributed by atoms with Crippen LogP contribution in [0.25, 0.3) is 0 Å². The van der Waals surface area contributed by atoms with Gasteiger partial charge in [-0.3, -0.25) is 9.69 Å². The summed E-state index contributed by atoms with van der Waals surface area (Å²) < 4.78 is 4.99. The first-order chi connectivity index (χ1) is 7.65. The maximum Gasteiger partial charge on any atom is 0.237 e. The van der Waals surface area contributed by atoms with Gasteiger partial charge in [0.25, 0.3) is 0 Å². The highest BCUT2D eigenvalue weighted by atomic mass is 16.5. The summed E-state index contributed by atoms with van der Waals surface area (Å²) in [6.07, 6.45) is 0. The van der Waals surface area contributed by atoms with E-state index in [9.17, 15) is 4.79 Å². The summed E-state index contributed by atoms with van der Waals surface area (Å²) in [4.78, 5) is 14.1. The number of amides is 1. The Labute approximate surface area is 97.5 Å². The molecule has 1 fully saturated rings. The minimum absolute atomic E-state index is 0.0543. The molecule has 2 atom stereocenters. The van der Waals surface area contributed by atoms with Crippen LogP contribution in [0.15, 0.2) is 0 Å². The second-order valence-electron chi connectivity index (χ2n) is 4.33. The summed E-state index contributed by atoms with van der Waals surface area (Å²) in [5, 5.41) is 6.23. The van der Waals surface area contributed by atoms with Gasteiger partial charge in [-0.05, 0) is 13.8 Å². The smallest absolute Gasteiger partial charge is 0.237 e. The molecule has 0 saturated carbocycles. The van der Waals surface area contributed by atoms with Crippen molar-refractivity contribution in [2.75, 3.05) is 39.9 Å². The zero-order chi connectivity index (χ0) is 12.0. The Hall–Kier alpha value is -0.650. The van der Waals surface area contributed by atoms with Crippen molar-refractivity contribution in [3.05, 3.63) is 0 Å². The fourth-order valence-electron chi connectivity index (χ4n) is 1.89. The first-order valence-electron chi connectivity index (χ1n) is 5.89. The van der Waals surface area contributed by atoms with Crippen molar-refractivity contribution in [1.29, 1.82) is 0 Å². The first kappa shape index (κ1) is 13.4. The number of carbonyl (C=O) groups excluding carboxylic acids is 1. The maximum absolute atomic E-state index is 11.9. The summed E-state index contributed by atoms with van der Waals surface area (Å²) in [5.41, 5.74) is 0. The second-order valence-corrected chi connectivity index (χ2v) is 4.33. The van der Waals surface area contributed by atoms with Gasteiger partial charge in [0, 0.05) is 39.3 Å². The summed E-state index contributed by atoms with van der Waals surface area (Å²) in [6.45, 7) is 8.27. The molecule has 0 aromatic carbocycles. The van der Waals surface area contributed by atoms with E-state index in [1.165, 1.54) is 0 Å². The molecule has 1 saturated heterocycles. The van der Waals surface area contributed by atoms with Crippen LogP contribution >= 0.6 is 0 Å². The Morgan fingerprint density at radius 2 is 2.06 bits per heavy atom. The van der Waals surface area contributed by atoms with Gasteiger partial charge in [-0.1, -0.05) is 0 Å². The number of piperazine rings is 1. The normalized spacial score (nSPS) is 21.4. The van der Waals surface area contributed by atoms with Crippen LogP contribution in [0, 0.1) is 0 Å². The molecule has 1 amide bonds. The molecule has 2 N–H and O–H groups in total. The number of rotatable bonds is 5. The Bertz CT molecular complexity index is 217. The van der Waals surface area contributed by atoms with Gasteiger partial charge in [0.05, 0.1) is 12.6 Å². The van der Waals surface area contributed by atoms with Crippen LogP contribution in [0.5, 0.6) is 0 Å². The number of methoxy groups -OCH3 is 1. The predicted octanol–water partition coefficient (Wildman–Crippen LogP) is -0.569. The standard InChI is InChI=1S/C11H23N3O2/c1-9(8-16-3)13-11(15)10(2)14-6-4-12-5-7-14/h9-10,12H,4-8H2,1-3H3,(H,13,15). The summed E-state index contributed by atoms with van der Waals surface area (Å²) in [7, 11) is 1.64. The second kappa shape index (κ2) is 6.83. The van der Waals surface area contributed by atoms with Gasteiger partial charge in [0.1, 0.15) is 0 Å². The van der Waals surface area contributed by atoms with Gasteiger partial charge in [0.2, 0.25) is 5.91 Å². The number of nitrogens with zero attached hydrogens (tertiary/aromatic N) is 1. The third-order valence-electron chi connectivity index (χ3n) is 2.88.